The largest absolute Gasteiger partial charge is 0.494 e. The molecule has 0 spiro atoms. The van der Waals surface area contributed by atoms with Crippen molar-refractivity contribution in [3.8, 4) is 17.4 Å². The Morgan fingerprint density at radius 2 is 1.72 bits per heavy atom. The van der Waals surface area contributed by atoms with Crippen LogP contribution < -0.4 is 0 Å². The maximum atomic E-state index is 13.5. The minimum atomic E-state index is -4.76. The van der Waals surface area contributed by atoms with Crippen LogP contribution in [0.4, 0.5) is 18.9 Å². The standard InChI is InChI=1S/C24H17F3N2O3/c1-22-10-11-23(32-22,13-14-6-4-3-5-7-14)19-18(22)20(30)29(21(19)31)15-8-9-17(28-2)16(12-15)24(25,26)27/h3-12,30-31H,13H2,1H3. The summed E-state index contributed by atoms with van der Waals surface area (Å²) in [7, 11) is 0. The predicted octanol–water partition coefficient (Wildman–Crippen LogP) is 5.71. The Balaban J connectivity index is 1.70. The van der Waals surface area contributed by atoms with E-state index in [1.807, 2.05) is 36.4 Å². The van der Waals surface area contributed by atoms with E-state index in [-0.39, 0.29) is 5.69 Å². The number of rotatable bonds is 3. The summed E-state index contributed by atoms with van der Waals surface area (Å²) in [5.74, 6) is -0.798. The molecule has 3 heterocycles. The van der Waals surface area contributed by atoms with Crippen molar-refractivity contribution in [3.05, 3.63) is 94.4 Å². The number of alkyl halides is 3. The molecule has 162 valence electrons. The van der Waals surface area contributed by atoms with Crippen LogP contribution in [0.2, 0.25) is 0 Å². The van der Waals surface area contributed by atoms with E-state index in [9.17, 15) is 23.4 Å². The van der Waals surface area contributed by atoms with Crippen LogP contribution >= 0.6 is 0 Å². The lowest BCUT2D eigenvalue weighted by molar-refractivity contribution is -0.136. The fourth-order valence-corrected chi connectivity index (χ4v) is 4.74. The highest BCUT2D eigenvalue weighted by atomic mass is 19.4. The molecule has 2 N–H and O–H groups in total. The van der Waals surface area contributed by atoms with Gasteiger partial charge in [0.2, 0.25) is 11.8 Å². The molecule has 0 aliphatic carbocycles. The van der Waals surface area contributed by atoms with Gasteiger partial charge in [0.1, 0.15) is 11.2 Å². The van der Waals surface area contributed by atoms with E-state index in [2.05, 4.69) is 4.85 Å². The van der Waals surface area contributed by atoms with Crippen molar-refractivity contribution in [2.75, 3.05) is 0 Å². The van der Waals surface area contributed by atoms with Gasteiger partial charge >= 0.3 is 6.18 Å². The van der Waals surface area contributed by atoms with Crippen LogP contribution in [-0.4, -0.2) is 14.8 Å². The number of fused-ring (bicyclic) bond motifs is 5. The number of halogens is 3. The van der Waals surface area contributed by atoms with Gasteiger partial charge in [-0.25, -0.2) is 4.85 Å². The quantitative estimate of drug-likeness (QED) is 0.407. The number of hydrogen-bond donors (Lipinski definition) is 2. The van der Waals surface area contributed by atoms with Gasteiger partial charge in [-0.3, -0.25) is 4.57 Å². The first kappa shape index (κ1) is 20.2. The van der Waals surface area contributed by atoms with Crippen molar-refractivity contribution < 1.29 is 28.1 Å². The minimum Gasteiger partial charge on any atom is -0.494 e. The fourth-order valence-electron chi connectivity index (χ4n) is 4.74. The van der Waals surface area contributed by atoms with E-state index in [4.69, 9.17) is 11.3 Å². The lowest BCUT2D eigenvalue weighted by Crippen LogP contribution is -2.25. The Morgan fingerprint density at radius 1 is 1.03 bits per heavy atom. The average Bonchev–Trinajstić information content (AvgIpc) is 3.32. The van der Waals surface area contributed by atoms with Crippen molar-refractivity contribution in [1.29, 1.82) is 0 Å². The molecule has 2 aliphatic heterocycles. The normalized spacial score (nSPS) is 23.3. The molecule has 32 heavy (non-hydrogen) atoms. The third kappa shape index (κ3) is 2.68. The molecule has 8 heteroatoms. The summed E-state index contributed by atoms with van der Waals surface area (Å²) >= 11 is 0. The topological polar surface area (TPSA) is 59.0 Å². The highest BCUT2D eigenvalue weighted by Gasteiger charge is 2.58. The fraction of sp³-hybridized carbons (Fsp3) is 0.208. The Bertz CT molecular complexity index is 1320. The summed E-state index contributed by atoms with van der Waals surface area (Å²) in [6.45, 7) is 8.75. The molecule has 0 radical (unpaired) electrons. The molecule has 1 aromatic heterocycles. The third-order valence-corrected chi connectivity index (χ3v) is 6.08. The number of nitrogens with zero attached hydrogens (tertiary/aromatic N) is 2. The van der Waals surface area contributed by atoms with E-state index in [0.29, 0.717) is 17.5 Å². The van der Waals surface area contributed by atoms with E-state index >= 15 is 0 Å². The first-order chi connectivity index (χ1) is 15.1. The number of aromatic hydroxyl groups is 2. The zero-order valence-electron chi connectivity index (χ0n) is 16.8. The summed E-state index contributed by atoms with van der Waals surface area (Å²) in [4.78, 5) is 2.94. The molecule has 0 saturated carbocycles. The summed E-state index contributed by atoms with van der Waals surface area (Å²) in [5.41, 5.74) is -2.34. The highest BCUT2D eigenvalue weighted by Crippen LogP contribution is 2.62. The molecule has 2 atom stereocenters. The van der Waals surface area contributed by atoms with Gasteiger partial charge in [0.05, 0.1) is 28.9 Å². The van der Waals surface area contributed by atoms with Crippen molar-refractivity contribution >= 4 is 5.69 Å². The van der Waals surface area contributed by atoms with Crippen LogP contribution in [0, 0.1) is 6.57 Å². The minimum absolute atomic E-state index is 0.105. The Hall–Kier alpha value is -3.70. The van der Waals surface area contributed by atoms with Crippen LogP contribution in [0.1, 0.15) is 29.2 Å². The zero-order chi connectivity index (χ0) is 22.9. The summed E-state index contributed by atoms with van der Waals surface area (Å²) in [6.07, 6.45) is -0.796. The maximum Gasteiger partial charge on any atom is 0.407 e. The number of aromatic nitrogens is 1. The number of benzene rings is 2. The smallest absolute Gasteiger partial charge is 0.407 e. The molecule has 0 fully saturated rings. The second kappa shape index (κ2) is 6.40. The molecule has 2 aliphatic rings. The van der Waals surface area contributed by atoms with Crippen LogP contribution in [0.3, 0.4) is 0 Å². The van der Waals surface area contributed by atoms with Gasteiger partial charge in [-0.15, -0.1) is 0 Å². The van der Waals surface area contributed by atoms with Crippen molar-refractivity contribution in [2.24, 2.45) is 0 Å². The second-order valence-electron chi connectivity index (χ2n) is 8.14. The molecule has 3 aromatic rings. The summed E-state index contributed by atoms with van der Waals surface area (Å²) < 4.78 is 47.7. The van der Waals surface area contributed by atoms with E-state index in [0.717, 1.165) is 22.3 Å². The predicted molar refractivity (Wildman–Crippen MR) is 110 cm³/mol. The van der Waals surface area contributed by atoms with Crippen molar-refractivity contribution in [1.82, 2.24) is 4.57 Å². The van der Waals surface area contributed by atoms with E-state index in [1.54, 1.807) is 13.0 Å². The third-order valence-electron chi connectivity index (χ3n) is 6.08. The first-order valence-electron chi connectivity index (χ1n) is 9.81. The second-order valence-corrected chi connectivity index (χ2v) is 8.14. The van der Waals surface area contributed by atoms with Crippen molar-refractivity contribution in [2.45, 2.75) is 30.7 Å². The molecular formula is C24H17F3N2O3. The summed E-state index contributed by atoms with van der Waals surface area (Å²) in [6, 6.07) is 12.5. The van der Waals surface area contributed by atoms with Gasteiger partial charge in [0, 0.05) is 6.42 Å². The molecule has 0 amide bonds. The maximum absolute atomic E-state index is 13.5. The summed E-state index contributed by atoms with van der Waals surface area (Å²) in [5, 5.41) is 22.2. The molecule has 5 rings (SSSR count). The molecule has 2 aromatic carbocycles. The van der Waals surface area contributed by atoms with Crippen molar-refractivity contribution in [3.63, 3.8) is 0 Å². The van der Waals surface area contributed by atoms with Crippen LogP contribution in [0.15, 0.2) is 60.7 Å². The van der Waals surface area contributed by atoms with Crippen LogP contribution in [0.25, 0.3) is 10.5 Å². The van der Waals surface area contributed by atoms with Crippen LogP contribution in [0.5, 0.6) is 11.8 Å². The molecule has 0 saturated heterocycles. The Morgan fingerprint density at radius 3 is 2.38 bits per heavy atom. The monoisotopic (exact) mass is 438 g/mol. The first-order valence-corrected chi connectivity index (χ1v) is 9.81. The molecule has 5 nitrogen and oxygen atoms in total. The van der Waals surface area contributed by atoms with Gasteiger partial charge in [0.25, 0.3) is 0 Å². The van der Waals surface area contributed by atoms with Crippen LogP contribution in [-0.2, 0) is 28.5 Å². The molecule has 2 bridgehead atoms. The SMILES string of the molecule is [C-]#[N+]c1ccc(-n2c(O)c3c(c2O)C2(Cc4ccccc4)C=CC3(C)O2)cc1C(F)(F)F. The van der Waals surface area contributed by atoms with Gasteiger partial charge in [-0.05, 0) is 36.8 Å². The highest BCUT2D eigenvalue weighted by molar-refractivity contribution is 5.66. The van der Waals surface area contributed by atoms with E-state index in [1.165, 1.54) is 6.07 Å². The Kier molecular flexibility index (Phi) is 4.05. The Labute approximate surface area is 181 Å². The lowest BCUT2D eigenvalue weighted by Gasteiger charge is -2.26. The number of ether oxygens (including phenoxy) is 1. The lowest BCUT2D eigenvalue weighted by atomic mass is 9.81. The number of hydrogen-bond acceptors (Lipinski definition) is 3. The molecular weight excluding hydrogens is 421 g/mol. The average molecular weight is 438 g/mol. The van der Waals surface area contributed by atoms with Gasteiger partial charge in [-0.2, -0.15) is 13.2 Å². The van der Waals surface area contributed by atoms with E-state index < -0.39 is 40.4 Å². The zero-order valence-corrected chi connectivity index (χ0v) is 16.8. The molecule has 2 unspecified atom stereocenters. The van der Waals surface area contributed by atoms with Gasteiger partial charge in [-0.1, -0.05) is 36.4 Å². The van der Waals surface area contributed by atoms with Gasteiger partial charge in [0.15, 0.2) is 5.69 Å². The van der Waals surface area contributed by atoms with Gasteiger partial charge < -0.3 is 14.9 Å².